The zero-order chi connectivity index (χ0) is 42.4. The minimum absolute atomic E-state index is 0.348. The van der Waals surface area contributed by atoms with E-state index in [1.54, 1.807) is 5.56 Å². The summed E-state index contributed by atoms with van der Waals surface area (Å²) in [6.45, 7) is 2.50. The zero-order valence-electron chi connectivity index (χ0n) is 36.2. The molecule has 0 saturated heterocycles. The quantitative estimate of drug-likeness (QED) is 0.148. The number of hydrogen-bond donors (Lipinski definition) is 0. The van der Waals surface area contributed by atoms with Gasteiger partial charge in [-0.2, -0.15) is 0 Å². The van der Waals surface area contributed by atoms with Crippen molar-refractivity contribution in [2.75, 3.05) is 4.90 Å². The highest BCUT2D eigenvalue weighted by atomic mass is 15.1. The first-order valence-corrected chi connectivity index (χ1v) is 23.4. The van der Waals surface area contributed by atoms with Gasteiger partial charge in [-0.15, -0.1) is 0 Å². The van der Waals surface area contributed by atoms with Gasteiger partial charge in [-0.05, 0) is 154 Å². The van der Waals surface area contributed by atoms with E-state index in [9.17, 15) is 0 Å². The van der Waals surface area contributed by atoms with Gasteiger partial charge < -0.3 is 9.47 Å². The van der Waals surface area contributed by atoms with E-state index in [2.05, 4.69) is 229 Å². The fourth-order valence-corrected chi connectivity index (χ4v) is 13.1. The molecule has 1 heterocycles. The lowest BCUT2D eigenvalue weighted by molar-refractivity contribution is -0.159. The highest BCUT2D eigenvalue weighted by Crippen LogP contribution is 2.72. The van der Waals surface area contributed by atoms with Crippen LogP contribution in [0.2, 0.25) is 0 Å². The molecule has 0 N–H and O–H groups in total. The predicted octanol–water partition coefficient (Wildman–Crippen LogP) is 16.7. The summed E-state index contributed by atoms with van der Waals surface area (Å²) in [6.07, 6.45) is 5.59. The van der Waals surface area contributed by atoms with Crippen molar-refractivity contribution in [1.29, 1.82) is 0 Å². The number of hydrogen-bond acceptors (Lipinski definition) is 1. The van der Waals surface area contributed by atoms with Crippen molar-refractivity contribution in [2.24, 2.45) is 23.7 Å². The van der Waals surface area contributed by atoms with Gasteiger partial charge in [-0.1, -0.05) is 165 Å². The number of benzene rings is 9. The van der Waals surface area contributed by atoms with Crippen molar-refractivity contribution in [1.82, 2.24) is 4.57 Å². The third-order valence-corrected chi connectivity index (χ3v) is 15.6. The van der Waals surface area contributed by atoms with Crippen LogP contribution in [0.5, 0.6) is 0 Å². The molecule has 0 aliphatic heterocycles. The first-order chi connectivity index (χ1) is 31.6. The van der Waals surface area contributed by atoms with E-state index in [-0.39, 0.29) is 0 Å². The zero-order valence-corrected chi connectivity index (χ0v) is 36.2. The molecule has 0 amide bonds. The van der Waals surface area contributed by atoms with Crippen LogP contribution in [0.1, 0.15) is 38.2 Å². The molecule has 3 fully saturated rings. The van der Waals surface area contributed by atoms with Crippen molar-refractivity contribution in [3.63, 3.8) is 0 Å². The van der Waals surface area contributed by atoms with Gasteiger partial charge in [-0.3, -0.25) is 0 Å². The Morgan fingerprint density at radius 3 is 1.58 bits per heavy atom. The van der Waals surface area contributed by atoms with E-state index >= 15 is 0 Å². The van der Waals surface area contributed by atoms with Gasteiger partial charge >= 0.3 is 0 Å². The molecule has 3 aliphatic rings. The third-order valence-electron chi connectivity index (χ3n) is 15.6. The van der Waals surface area contributed by atoms with E-state index in [0.717, 1.165) is 40.7 Å². The maximum atomic E-state index is 2.50. The summed E-state index contributed by atoms with van der Waals surface area (Å²) in [5.41, 5.74) is 16.5. The Labute approximate surface area is 376 Å². The van der Waals surface area contributed by atoms with Crippen LogP contribution < -0.4 is 4.90 Å². The molecule has 3 unspecified atom stereocenters. The Morgan fingerprint density at radius 2 is 0.922 bits per heavy atom. The topological polar surface area (TPSA) is 8.17 Å². The third kappa shape index (κ3) is 5.78. The standard InChI is InChI=1S/C62H50N2/c1-41-37-46-38-47-40-62(39-41,61(46)47)57-21-8-4-16-53(57)44-27-33-49(34-28-44)63(48-31-25-43(26-32-48)52-20-12-14-42-13-2-3-15-51(42)52)50-35-29-45(30-36-50)54-17-5-9-22-58(54)64-59-23-10-6-18-55(59)56-19-7-11-24-60(56)64/h2-36,41,46-47,61H,37-40H2,1H3/t41-,46?,47-,61?,62?/m0/s1. The smallest absolute Gasteiger partial charge is 0.0541 e. The Balaban J connectivity index is 0.897. The number of nitrogens with zero attached hydrogens (tertiary/aromatic N) is 2. The molecule has 10 aromatic rings. The monoisotopic (exact) mass is 822 g/mol. The fourth-order valence-electron chi connectivity index (χ4n) is 13.1. The number of para-hydroxylation sites is 3. The lowest BCUT2D eigenvalue weighted by Crippen LogP contribution is -2.65. The first-order valence-electron chi connectivity index (χ1n) is 23.4. The normalized spacial score (nSPS) is 21.0. The summed E-state index contributed by atoms with van der Waals surface area (Å²) in [5, 5.41) is 5.07. The number of fused-ring (bicyclic) bond motifs is 4. The van der Waals surface area contributed by atoms with E-state index in [0.29, 0.717) is 5.41 Å². The van der Waals surface area contributed by atoms with Gasteiger partial charge in [0.1, 0.15) is 0 Å². The van der Waals surface area contributed by atoms with Crippen LogP contribution >= 0.6 is 0 Å². The summed E-state index contributed by atoms with van der Waals surface area (Å²) >= 11 is 0. The number of rotatable bonds is 8. The molecule has 3 saturated carbocycles. The summed E-state index contributed by atoms with van der Waals surface area (Å²) < 4.78 is 2.43. The van der Waals surface area contributed by atoms with Gasteiger partial charge in [0.25, 0.3) is 0 Å². The molecular weight excluding hydrogens is 773 g/mol. The van der Waals surface area contributed by atoms with Gasteiger partial charge in [0.05, 0.1) is 16.7 Å². The van der Waals surface area contributed by atoms with E-state index in [1.807, 2.05) is 0 Å². The molecule has 13 rings (SSSR count). The minimum atomic E-state index is 0.348. The average molecular weight is 823 g/mol. The highest BCUT2D eigenvalue weighted by Gasteiger charge is 2.66. The molecule has 5 atom stereocenters. The first kappa shape index (κ1) is 37.4. The number of aromatic nitrogens is 1. The molecule has 2 nitrogen and oxygen atoms in total. The van der Waals surface area contributed by atoms with Gasteiger partial charge in [0.15, 0.2) is 0 Å². The summed E-state index contributed by atoms with van der Waals surface area (Å²) in [4.78, 5) is 2.42. The Hall–Kier alpha value is -7.16. The molecule has 9 aromatic carbocycles. The maximum absolute atomic E-state index is 2.50. The predicted molar refractivity (Wildman–Crippen MR) is 269 cm³/mol. The van der Waals surface area contributed by atoms with E-state index in [1.165, 1.54) is 97.3 Å². The lowest BCUT2D eigenvalue weighted by atomic mass is 9.34. The van der Waals surface area contributed by atoms with Crippen molar-refractivity contribution in [3.05, 3.63) is 218 Å². The second kappa shape index (κ2) is 14.7. The van der Waals surface area contributed by atoms with Crippen LogP contribution in [0, 0.1) is 23.7 Å². The second-order valence-corrected chi connectivity index (χ2v) is 19.1. The van der Waals surface area contributed by atoms with Gasteiger partial charge in [-0.25, -0.2) is 0 Å². The molecule has 0 bridgehead atoms. The fraction of sp³-hybridized carbons (Fsp3) is 0.161. The maximum Gasteiger partial charge on any atom is 0.0541 e. The molecule has 308 valence electrons. The van der Waals surface area contributed by atoms with Gasteiger partial charge in [0, 0.05) is 33.4 Å². The van der Waals surface area contributed by atoms with E-state index in [4.69, 9.17) is 0 Å². The molecule has 64 heavy (non-hydrogen) atoms. The Bertz CT molecular complexity index is 3320. The molecule has 0 radical (unpaired) electrons. The largest absolute Gasteiger partial charge is 0.311 e. The average Bonchev–Trinajstić information content (AvgIpc) is 3.67. The van der Waals surface area contributed by atoms with Crippen LogP contribution in [-0.2, 0) is 5.41 Å². The highest BCUT2D eigenvalue weighted by molar-refractivity contribution is 6.09. The summed E-state index contributed by atoms with van der Waals surface area (Å²) in [6, 6.07) is 78.8. The summed E-state index contributed by atoms with van der Waals surface area (Å²) in [5.74, 6) is 3.55. The lowest BCUT2D eigenvalue weighted by Gasteiger charge is -2.70. The van der Waals surface area contributed by atoms with Crippen LogP contribution in [0.4, 0.5) is 17.1 Å². The van der Waals surface area contributed by atoms with E-state index < -0.39 is 0 Å². The Kier molecular flexibility index (Phi) is 8.60. The minimum Gasteiger partial charge on any atom is -0.311 e. The SMILES string of the molecule is C[C@H]1CC2C[C@H]3CC(c4ccccc4-c4ccc(N(c5ccc(-c6ccccc6-n6c7ccccc7c7ccccc76)cc5)c5ccc(-c6cccc7ccccc67)cc5)cc4)(C1)C23. The molecule has 2 heteroatoms. The van der Waals surface area contributed by atoms with Gasteiger partial charge in [0.2, 0.25) is 0 Å². The Morgan fingerprint density at radius 1 is 0.422 bits per heavy atom. The molecule has 0 spiro atoms. The molecule has 1 aromatic heterocycles. The van der Waals surface area contributed by atoms with Crippen LogP contribution in [0.15, 0.2) is 212 Å². The van der Waals surface area contributed by atoms with Crippen molar-refractivity contribution in [2.45, 2.75) is 38.0 Å². The van der Waals surface area contributed by atoms with Crippen molar-refractivity contribution >= 4 is 49.6 Å². The summed E-state index contributed by atoms with van der Waals surface area (Å²) in [7, 11) is 0. The number of anilines is 3. The molecule has 3 aliphatic carbocycles. The van der Waals surface area contributed by atoms with Crippen molar-refractivity contribution in [3.8, 4) is 39.1 Å². The van der Waals surface area contributed by atoms with Crippen LogP contribution in [0.25, 0.3) is 71.6 Å². The second-order valence-electron chi connectivity index (χ2n) is 19.1. The molecular formula is C62H50N2. The van der Waals surface area contributed by atoms with Crippen LogP contribution in [-0.4, -0.2) is 4.57 Å². The van der Waals surface area contributed by atoms with Crippen LogP contribution in [0.3, 0.4) is 0 Å². The van der Waals surface area contributed by atoms with Crippen molar-refractivity contribution < 1.29 is 0 Å².